The summed E-state index contributed by atoms with van der Waals surface area (Å²) in [5.41, 5.74) is 3.39. The molecule has 94 valence electrons. The maximum absolute atomic E-state index is 2.39. The van der Waals surface area contributed by atoms with Crippen LogP contribution < -0.4 is 0 Å². The molecule has 0 bridgehead atoms. The van der Waals surface area contributed by atoms with Gasteiger partial charge in [-0.25, -0.2) is 0 Å². The molecule has 17 heavy (non-hydrogen) atoms. The zero-order valence-electron chi connectivity index (χ0n) is 12.2. The first kappa shape index (κ1) is 14.0. The van der Waals surface area contributed by atoms with Crippen molar-refractivity contribution < 1.29 is 0 Å². The van der Waals surface area contributed by atoms with Crippen molar-refractivity contribution >= 4 is 0 Å². The Balaban J connectivity index is 2.84. The summed E-state index contributed by atoms with van der Waals surface area (Å²) in [4.78, 5) is 0. The molecule has 0 saturated carbocycles. The average molecular weight is 230 g/mol. The highest BCUT2D eigenvalue weighted by Gasteiger charge is 2.21. The Kier molecular flexibility index (Phi) is 4.19. The molecule has 0 heteroatoms. The molecular weight excluding hydrogens is 204 g/mol. The van der Waals surface area contributed by atoms with Gasteiger partial charge in [0.05, 0.1) is 0 Å². The molecule has 0 spiro atoms. The van der Waals surface area contributed by atoms with Crippen LogP contribution in [0.2, 0.25) is 0 Å². The van der Waals surface area contributed by atoms with Crippen LogP contribution in [0, 0.1) is 5.41 Å². The van der Waals surface area contributed by atoms with Crippen LogP contribution in [-0.4, -0.2) is 0 Å². The summed E-state index contributed by atoms with van der Waals surface area (Å²) >= 11 is 0. The summed E-state index contributed by atoms with van der Waals surface area (Å²) in [6.07, 6.45) is 3.51. The van der Waals surface area contributed by atoms with Gasteiger partial charge in [0.15, 0.2) is 0 Å². The first-order valence-electron chi connectivity index (χ1n) is 6.45. The zero-order chi connectivity index (χ0) is 13.1. The van der Waals surface area contributed by atoms with Gasteiger partial charge < -0.3 is 0 Å². The van der Waals surface area contributed by atoms with E-state index in [9.17, 15) is 0 Å². The first-order chi connectivity index (χ1) is 7.71. The van der Waals surface area contributed by atoms with E-state index in [-0.39, 0.29) is 10.8 Å². The highest BCUT2D eigenvalue weighted by atomic mass is 14.3. The largest absolute Gasteiger partial charge is 0.0802 e. The van der Waals surface area contributed by atoms with Gasteiger partial charge in [0, 0.05) is 0 Å². The third-order valence-corrected chi connectivity index (χ3v) is 2.96. The maximum atomic E-state index is 2.39. The van der Waals surface area contributed by atoms with Gasteiger partial charge in [0.1, 0.15) is 0 Å². The highest BCUT2D eigenvalue weighted by molar-refractivity contribution is 5.26. The van der Waals surface area contributed by atoms with Crippen molar-refractivity contribution in [1.29, 1.82) is 0 Å². The van der Waals surface area contributed by atoms with Gasteiger partial charge in [-0.1, -0.05) is 76.6 Å². The Morgan fingerprint density at radius 3 is 2.00 bits per heavy atom. The minimum atomic E-state index is 0.215. The lowest BCUT2D eigenvalue weighted by Crippen LogP contribution is -2.18. The van der Waals surface area contributed by atoms with E-state index in [1.165, 1.54) is 11.1 Å². The molecule has 0 fully saturated rings. The Labute approximate surface area is 107 Å². The van der Waals surface area contributed by atoms with Crippen molar-refractivity contribution in [2.75, 3.05) is 0 Å². The van der Waals surface area contributed by atoms with Crippen molar-refractivity contribution in [1.82, 2.24) is 0 Å². The third kappa shape index (κ3) is 4.77. The zero-order valence-corrected chi connectivity index (χ0v) is 12.2. The van der Waals surface area contributed by atoms with E-state index in [2.05, 4.69) is 78.0 Å². The smallest absolute Gasteiger partial charge is 0.00665 e. The molecule has 0 radical (unpaired) electrons. The number of hydrogen-bond acceptors (Lipinski definition) is 0. The van der Waals surface area contributed by atoms with Crippen LogP contribution in [0.15, 0.2) is 42.0 Å². The van der Waals surface area contributed by atoms with Crippen LogP contribution in [-0.2, 0) is 5.41 Å². The monoisotopic (exact) mass is 230 g/mol. The predicted octanol–water partition coefficient (Wildman–Crippen LogP) is 5.35. The average Bonchev–Trinajstić information content (AvgIpc) is 2.15. The van der Waals surface area contributed by atoms with E-state index in [0.29, 0.717) is 0 Å². The molecule has 0 N–H and O–H groups in total. The molecule has 0 saturated heterocycles. The molecule has 0 aliphatic rings. The summed E-state index contributed by atoms with van der Waals surface area (Å²) < 4.78 is 0. The molecule has 0 unspecified atom stereocenters. The standard InChI is InChI=1S/C17H26/c1-14(12-16(2,3)4)13-17(5,6)15-10-8-7-9-11-15/h7-12H,13H2,1-6H3/b14-12+. The van der Waals surface area contributed by atoms with Crippen LogP contribution in [0.4, 0.5) is 0 Å². The van der Waals surface area contributed by atoms with Gasteiger partial charge in [0.25, 0.3) is 0 Å². The van der Waals surface area contributed by atoms with E-state index in [4.69, 9.17) is 0 Å². The first-order valence-corrected chi connectivity index (χ1v) is 6.45. The molecule has 0 aliphatic heterocycles. The fraction of sp³-hybridized carbons (Fsp3) is 0.529. The summed E-state index contributed by atoms with van der Waals surface area (Å²) in [6.45, 7) is 13.7. The second-order valence-corrected chi connectivity index (χ2v) is 6.78. The van der Waals surface area contributed by atoms with E-state index in [1.807, 2.05) is 0 Å². The highest BCUT2D eigenvalue weighted by Crippen LogP contribution is 2.31. The molecule has 0 atom stereocenters. The molecule has 0 nitrogen and oxygen atoms in total. The Morgan fingerprint density at radius 2 is 1.53 bits per heavy atom. The summed E-state index contributed by atoms with van der Waals surface area (Å²) in [5.74, 6) is 0. The molecule has 1 rings (SSSR count). The number of rotatable bonds is 3. The van der Waals surface area contributed by atoms with Gasteiger partial charge in [-0.2, -0.15) is 0 Å². The van der Waals surface area contributed by atoms with Crippen molar-refractivity contribution in [3.63, 3.8) is 0 Å². The summed E-state index contributed by atoms with van der Waals surface area (Å²) in [6, 6.07) is 10.8. The SMILES string of the molecule is C/C(=C\C(C)(C)C)CC(C)(C)c1ccccc1. The molecule has 1 aromatic carbocycles. The third-order valence-electron chi connectivity index (χ3n) is 2.96. The molecule has 0 aliphatic carbocycles. The fourth-order valence-electron chi connectivity index (χ4n) is 2.48. The van der Waals surface area contributed by atoms with Crippen LogP contribution in [0.5, 0.6) is 0 Å². The normalized spacial score (nSPS) is 13.9. The lowest BCUT2D eigenvalue weighted by molar-refractivity contribution is 0.498. The van der Waals surface area contributed by atoms with Gasteiger partial charge >= 0.3 is 0 Å². The topological polar surface area (TPSA) is 0 Å². The fourth-order valence-corrected chi connectivity index (χ4v) is 2.48. The molecule has 0 amide bonds. The van der Waals surface area contributed by atoms with Crippen LogP contribution in [0.3, 0.4) is 0 Å². The minimum absolute atomic E-state index is 0.215. The van der Waals surface area contributed by atoms with Crippen molar-refractivity contribution in [2.45, 2.75) is 53.4 Å². The second kappa shape index (κ2) is 5.08. The van der Waals surface area contributed by atoms with Gasteiger partial charge in [-0.15, -0.1) is 0 Å². The van der Waals surface area contributed by atoms with Gasteiger partial charge in [0.2, 0.25) is 0 Å². The van der Waals surface area contributed by atoms with Gasteiger partial charge in [-0.05, 0) is 29.7 Å². The summed E-state index contributed by atoms with van der Waals surface area (Å²) in [5, 5.41) is 0. The molecular formula is C17H26. The molecule has 1 aromatic rings. The number of benzene rings is 1. The second-order valence-electron chi connectivity index (χ2n) is 6.78. The Bertz CT molecular complexity index is 374. The summed E-state index contributed by atoms with van der Waals surface area (Å²) in [7, 11) is 0. The quantitative estimate of drug-likeness (QED) is 0.614. The molecule has 0 aromatic heterocycles. The number of allylic oxidation sites excluding steroid dienone is 2. The van der Waals surface area contributed by atoms with E-state index < -0.39 is 0 Å². The Hall–Kier alpha value is -1.04. The minimum Gasteiger partial charge on any atom is -0.0802 e. The van der Waals surface area contributed by atoms with Crippen LogP contribution in [0.25, 0.3) is 0 Å². The van der Waals surface area contributed by atoms with E-state index in [1.54, 1.807) is 0 Å². The van der Waals surface area contributed by atoms with E-state index in [0.717, 1.165) is 6.42 Å². The van der Waals surface area contributed by atoms with Crippen molar-refractivity contribution in [2.24, 2.45) is 5.41 Å². The maximum Gasteiger partial charge on any atom is -0.00665 e. The van der Waals surface area contributed by atoms with E-state index >= 15 is 0 Å². The Morgan fingerprint density at radius 1 is 1.00 bits per heavy atom. The van der Waals surface area contributed by atoms with Crippen LogP contribution >= 0.6 is 0 Å². The van der Waals surface area contributed by atoms with Crippen molar-refractivity contribution in [3.8, 4) is 0 Å². The lowest BCUT2D eigenvalue weighted by atomic mass is 9.78. The van der Waals surface area contributed by atoms with Crippen LogP contribution in [0.1, 0.15) is 53.5 Å². The molecule has 0 heterocycles. The van der Waals surface area contributed by atoms with Crippen molar-refractivity contribution in [3.05, 3.63) is 47.5 Å². The predicted molar refractivity (Wildman–Crippen MR) is 77.3 cm³/mol. The lowest BCUT2D eigenvalue weighted by Gasteiger charge is -2.27. The van der Waals surface area contributed by atoms with Gasteiger partial charge in [-0.3, -0.25) is 0 Å². The number of hydrogen-bond donors (Lipinski definition) is 0.